The summed E-state index contributed by atoms with van der Waals surface area (Å²) in [5.74, 6) is 0.0305. The van der Waals surface area contributed by atoms with E-state index in [1.54, 1.807) is 47.6 Å². The van der Waals surface area contributed by atoms with Crippen LogP contribution in [-0.2, 0) is 14.2 Å². The van der Waals surface area contributed by atoms with Gasteiger partial charge in [0, 0.05) is 0 Å². The van der Waals surface area contributed by atoms with Gasteiger partial charge in [-0.3, -0.25) is 0 Å². The molecule has 2 rings (SSSR count). The van der Waals surface area contributed by atoms with Gasteiger partial charge in [-0.15, -0.1) is 5.10 Å². The van der Waals surface area contributed by atoms with Crippen molar-refractivity contribution < 1.29 is 23.8 Å². The molecule has 1 unspecified atom stereocenters. The molecule has 0 radical (unpaired) electrons. The Morgan fingerprint density at radius 1 is 1.04 bits per heavy atom. The first-order valence-corrected chi connectivity index (χ1v) is 7.67. The van der Waals surface area contributed by atoms with Gasteiger partial charge in [-0.25, -0.2) is 9.59 Å². The van der Waals surface area contributed by atoms with Crippen molar-refractivity contribution in [3.05, 3.63) is 17.8 Å². The molecule has 0 saturated carbocycles. The van der Waals surface area contributed by atoms with E-state index >= 15 is 0 Å². The van der Waals surface area contributed by atoms with Gasteiger partial charge in [-0.2, -0.15) is 10.00 Å². The Bertz CT molecular complexity index is 584. The van der Waals surface area contributed by atoms with Crippen LogP contribution in [0.1, 0.15) is 53.3 Å². The van der Waals surface area contributed by atoms with Crippen LogP contribution in [-0.4, -0.2) is 40.2 Å². The van der Waals surface area contributed by atoms with Gasteiger partial charge in [0.1, 0.15) is 17.3 Å². The predicted octanol–water partition coefficient (Wildman–Crippen LogP) is 3.22. The van der Waals surface area contributed by atoms with Gasteiger partial charge < -0.3 is 14.2 Å². The molecular formula is C16H23N3O5. The number of hydrogen-bond acceptors (Lipinski definition) is 7. The fourth-order valence-corrected chi connectivity index (χ4v) is 1.72. The van der Waals surface area contributed by atoms with Crippen molar-refractivity contribution in [1.29, 1.82) is 0 Å². The van der Waals surface area contributed by atoms with E-state index in [2.05, 4.69) is 10.2 Å². The number of rotatable bonds is 2. The molecule has 1 aromatic heterocycles. The summed E-state index contributed by atoms with van der Waals surface area (Å²) in [6, 6.07) is 3.17. The molecule has 0 aliphatic carbocycles. The number of epoxide rings is 1. The van der Waals surface area contributed by atoms with Gasteiger partial charge >= 0.3 is 12.2 Å². The molecular weight excluding hydrogens is 314 g/mol. The third-order valence-electron chi connectivity index (χ3n) is 2.72. The van der Waals surface area contributed by atoms with E-state index in [9.17, 15) is 9.59 Å². The first kappa shape index (κ1) is 18.1. The molecule has 2 heterocycles. The number of nitrogens with zero attached hydrogens (tertiary/aromatic N) is 3. The van der Waals surface area contributed by atoms with Crippen molar-refractivity contribution >= 4 is 18.0 Å². The number of carbonyl (C=O) groups excluding carboxylic acids is 2. The maximum atomic E-state index is 12.4. The Kier molecular flexibility index (Phi) is 4.80. The van der Waals surface area contributed by atoms with E-state index in [4.69, 9.17) is 14.2 Å². The molecule has 0 spiro atoms. The van der Waals surface area contributed by atoms with Gasteiger partial charge in [0.05, 0.1) is 12.3 Å². The van der Waals surface area contributed by atoms with Crippen LogP contribution >= 0.6 is 0 Å². The molecule has 0 aromatic carbocycles. The quantitative estimate of drug-likeness (QED) is 0.765. The van der Waals surface area contributed by atoms with Crippen LogP contribution in [0.15, 0.2) is 12.1 Å². The number of imide groups is 1. The van der Waals surface area contributed by atoms with Crippen LogP contribution in [0.25, 0.3) is 0 Å². The second-order valence-corrected chi connectivity index (χ2v) is 7.43. The Morgan fingerprint density at radius 3 is 1.88 bits per heavy atom. The molecule has 1 aromatic rings. The molecule has 1 aliphatic heterocycles. The van der Waals surface area contributed by atoms with Gasteiger partial charge in [-0.05, 0) is 53.7 Å². The lowest BCUT2D eigenvalue weighted by Gasteiger charge is -2.27. The number of ether oxygens (including phenoxy) is 3. The SMILES string of the molecule is CC(C)(C)OC(=O)N(C(=O)OC(C)(C)C)c1ccc(C2CO2)nn1. The van der Waals surface area contributed by atoms with Crippen LogP contribution in [0.4, 0.5) is 15.4 Å². The first-order chi connectivity index (χ1) is 11.0. The zero-order valence-corrected chi connectivity index (χ0v) is 14.8. The van der Waals surface area contributed by atoms with E-state index < -0.39 is 23.4 Å². The minimum Gasteiger partial charge on any atom is -0.443 e. The first-order valence-electron chi connectivity index (χ1n) is 7.67. The molecule has 1 fully saturated rings. The lowest BCUT2D eigenvalue weighted by Crippen LogP contribution is -2.44. The molecule has 8 heteroatoms. The highest BCUT2D eigenvalue weighted by molar-refractivity contribution is 6.08. The van der Waals surface area contributed by atoms with Gasteiger partial charge in [0.25, 0.3) is 0 Å². The van der Waals surface area contributed by atoms with Gasteiger partial charge in [-0.1, -0.05) is 0 Å². The van der Waals surface area contributed by atoms with Crippen molar-refractivity contribution in [2.24, 2.45) is 0 Å². The average Bonchev–Trinajstić information content (AvgIpc) is 3.19. The van der Waals surface area contributed by atoms with Crippen LogP contribution in [0.2, 0.25) is 0 Å². The van der Waals surface area contributed by atoms with Crippen molar-refractivity contribution in [2.75, 3.05) is 11.5 Å². The summed E-state index contributed by atoms with van der Waals surface area (Å²) in [7, 11) is 0. The molecule has 1 atom stereocenters. The third-order valence-corrected chi connectivity index (χ3v) is 2.72. The second-order valence-electron chi connectivity index (χ2n) is 7.43. The molecule has 132 valence electrons. The normalized spacial score (nSPS) is 17.2. The summed E-state index contributed by atoms with van der Waals surface area (Å²) in [6.07, 6.45) is -1.81. The smallest absolute Gasteiger partial charge is 0.425 e. The Balaban J connectivity index is 2.26. The standard InChI is InChI=1S/C16H23N3O5/c1-15(2,3)23-13(20)19(14(21)24-16(4,5)6)12-8-7-10(17-18-12)11-9-22-11/h7-8,11H,9H2,1-6H3. The number of carbonyl (C=O) groups is 2. The second kappa shape index (κ2) is 6.35. The van der Waals surface area contributed by atoms with E-state index in [0.29, 0.717) is 12.3 Å². The maximum Gasteiger partial charge on any atom is 0.425 e. The Morgan fingerprint density at radius 2 is 1.54 bits per heavy atom. The summed E-state index contributed by atoms with van der Waals surface area (Å²) in [4.78, 5) is 25.6. The summed E-state index contributed by atoms with van der Waals surface area (Å²) in [6.45, 7) is 10.8. The predicted molar refractivity (Wildman–Crippen MR) is 85.7 cm³/mol. The minimum absolute atomic E-state index is 0.0305. The summed E-state index contributed by atoms with van der Waals surface area (Å²) in [5, 5.41) is 7.92. The summed E-state index contributed by atoms with van der Waals surface area (Å²) in [5.41, 5.74) is -0.897. The highest BCUT2D eigenvalue weighted by Crippen LogP contribution is 2.28. The fraction of sp³-hybridized carbons (Fsp3) is 0.625. The zero-order chi connectivity index (χ0) is 18.1. The lowest BCUT2D eigenvalue weighted by molar-refractivity contribution is 0.0428. The van der Waals surface area contributed by atoms with Crippen LogP contribution in [0, 0.1) is 0 Å². The zero-order valence-electron chi connectivity index (χ0n) is 14.8. The molecule has 1 saturated heterocycles. The van der Waals surface area contributed by atoms with Crippen LogP contribution < -0.4 is 4.90 Å². The fourth-order valence-electron chi connectivity index (χ4n) is 1.72. The maximum absolute atomic E-state index is 12.4. The van der Waals surface area contributed by atoms with E-state index in [0.717, 1.165) is 4.90 Å². The van der Waals surface area contributed by atoms with Crippen LogP contribution in [0.5, 0.6) is 0 Å². The van der Waals surface area contributed by atoms with Gasteiger partial charge in [0.2, 0.25) is 0 Å². The largest absolute Gasteiger partial charge is 0.443 e. The lowest BCUT2D eigenvalue weighted by atomic mass is 10.2. The molecule has 8 nitrogen and oxygen atoms in total. The van der Waals surface area contributed by atoms with Crippen molar-refractivity contribution in [3.63, 3.8) is 0 Å². The van der Waals surface area contributed by atoms with Crippen molar-refractivity contribution in [1.82, 2.24) is 10.2 Å². The van der Waals surface area contributed by atoms with Crippen molar-refractivity contribution in [2.45, 2.75) is 58.8 Å². The van der Waals surface area contributed by atoms with Crippen molar-refractivity contribution in [3.8, 4) is 0 Å². The topological polar surface area (TPSA) is 94.2 Å². The number of amides is 2. The van der Waals surface area contributed by atoms with E-state index in [1.165, 1.54) is 6.07 Å². The molecule has 0 bridgehead atoms. The third kappa shape index (κ3) is 5.16. The van der Waals surface area contributed by atoms with Gasteiger partial charge in [0.15, 0.2) is 5.82 Å². The average molecular weight is 337 g/mol. The minimum atomic E-state index is -0.874. The monoisotopic (exact) mass is 337 g/mol. The molecule has 2 amide bonds. The van der Waals surface area contributed by atoms with E-state index in [-0.39, 0.29) is 11.9 Å². The Hall–Kier alpha value is -2.22. The molecule has 0 N–H and O–H groups in total. The summed E-state index contributed by atoms with van der Waals surface area (Å²) >= 11 is 0. The summed E-state index contributed by atoms with van der Waals surface area (Å²) < 4.78 is 15.7. The number of aromatic nitrogens is 2. The highest BCUT2D eigenvalue weighted by Gasteiger charge is 2.34. The van der Waals surface area contributed by atoms with E-state index in [1.807, 2.05) is 0 Å². The number of hydrogen-bond donors (Lipinski definition) is 0. The van der Waals surface area contributed by atoms with Crippen LogP contribution in [0.3, 0.4) is 0 Å². The number of anilines is 1. The Labute approximate surface area is 141 Å². The molecule has 1 aliphatic rings. The highest BCUT2D eigenvalue weighted by atomic mass is 16.6. The molecule has 24 heavy (non-hydrogen) atoms.